The van der Waals surface area contributed by atoms with E-state index in [-0.39, 0.29) is 18.7 Å². The van der Waals surface area contributed by atoms with Crippen LogP contribution in [0.5, 0.6) is 0 Å². The van der Waals surface area contributed by atoms with E-state index in [1.54, 1.807) is 6.07 Å². The summed E-state index contributed by atoms with van der Waals surface area (Å²) in [6, 6.07) is 2.68. The molecule has 1 unspecified atom stereocenters. The van der Waals surface area contributed by atoms with E-state index in [0.717, 1.165) is 56.9 Å². The molecule has 0 spiro atoms. The molecular formula is C29H57N8O3P. The molecule has 0 bridgehead atoms. The molecule has 11 nitrogen and oxygen atoms in total. The lowest BCUT2D eigenvalue weighted by Gasteiger charge is -2.32. The molecule has 2 aliphatic rings. The van der Waals surface area contributed by atoms with E-state index >= 15 is 0 Å². The van der Waals surface area contributed by atoms with Crippen LogP contribution in [-0.4, -0.2) is 83.8 Å². The number of hydrogen-bond donors (Lipinski definition) is 7. The number of nitrogens with two attached hydrogens (primary N) is 1. The van der Waals surface area contributed by atoms with Crippen LogP contribution < -0.4 is 31.9 Å². The molecule has 2 fully saturated rings. The van der Waals surface area contributed by atoms with Crippen molar-refractivity contribution in [3.63, 3.8) is 0 Å². The van der Waals surface area contributed by atoms with Gasteiger partial charge in [0.05, 0.1) is 6.16 Å². The second-order valence-electron chi connectivity index (χ2n) is 12.0. The number of anilines is 3. The van der Waals surface area contributed by atoms with Crippen LogP contribution in [0.1, 0.15) is 84.5 Å². The smallest absolute Gasteiger partial charge is 0.326 e. The van der Waals surface area contributed by atoms with Gasteiger partial charge in [0.15, 0.2) is 0 Å². The molecule has 0 amide bonds. The maximum Gasteiger partial charge on any atom is 0.326 e. The lowest BCUT2D eigenvalue weighted by molar-refractivity contribution is 0.275. The van der Waals surface area contributed by atoms with Gasteiger partial charge in [-0.3, -0.25) is 4.57 Å². The second-order valence-corrected chi connectivity index (χ2v) is 13.8. The maximum atomic E-state index is 11.1. The van der Waals surface area contributed by atoms with Gasteiger partial charge >= 0.3 is 7.60 Å². The second kappa shape index (κ2) is 18.2. The summed E-state index contributed by atoms with van der Waals surface area (Å²) in [5.74, 6) is 3.16. The molecule has 1 heterocycles. The molecule has 0 aliphatic heterocycles. The van der Waals surface area contributed by atoms with Crippen LogP contribution in [0.2, 0.25) is 0 Å². The Morgan fingerprint density at radius 2 is 1.68 bits per heavy atom. The Balaban J connectivity index is 1.36. The van der Waals surface area contributed by atoms with E-state index < -0.39 is 7.60 Å². The first-order valence-corrected chi connectivity index (χ1v) is 17.9. The molecule has 0 aromatic carbocycles. The van der Waals surface area contributed by atoms with Gasteiger partial charge in [0.2, 0.25) is 5.95 Å². The summed E-state index contributed by atoms with van der Waals surface area (Å²) >= 11 is 0. The number of aromatic nitrogens is 2. The molecular weight excluding hydrogens is 539 g/mol. The molecule has 2 saturated carbocycles. The van der Waals surface area contributed by atoms with Crippen molar-refractivity contribution in [2.75, 3.05) is 67.9 Å². The van der Waals surface area contributed by atoms with E-state index in [2.05, 4.69) is 45.0 Å². The average Bonchev–Trinajstić information content (AvgIpc) is 2.95. The first kappa shape index (κ1) is 34.0. The maximum absolute atomic E-state index is 11.1. The number of likely N-dealkylation sites (N-methyl/N-ethyl adjacent to an activating group) is 1. The fourth-order valence-corrected chi connectivity index (χ4v) is 6.71. The number of rotatable bonds is 19. The summed E-state index contributed by atoms with van der Waals surface area (Å²) < 4.78 is 11.1. The summed E-state index contributed by atoms with van der Waals surface area (Å²) in [5, 5.41) is 14.1. The highest BCUT2D eigenvalue weighted by Crippen LogP contribution is 2.33. The molecule has 1 aromatic rings. The van der Waals surface area contributed by atoms with Crippen molar-refractivity contribution in [2.24, 2.45) is 11.8 Å². The predicted octanol–water partition coefficient (Wildman–Crippen LogP) is 3.55. The Kier molecular flexibility index (Phi) is 15.1. The first-order valence-electron chi connectivity index (χ1n) is 16.1. The van der Waals surface area contributed by atoms with Crippen molar-refractivity contribution >= 4 is 25.2 Å². The largest absolute Gasteiger partial charge is 0.383 e. The van der Waals surface area contributed by atoms with E-state index in [1.165, 1.54) is 64.2 Å². The molecule has 3 rings (SSSR count). The monoisotopic (exact) mass is 596 g/mol. The third-order valence-corrected chi connectivity index (χ3v) is 9.56. The molecule has 12 heteroatoms. The topological polar surface area (TPSA) is 161 Å². The third kappa shape index (κ3) is 13.1. The zero-order valence-corrected chi connectivity index (χ0v) is 26.4. The summed E-state index contributed by atoms with van der Waals surface area (Å²) in [6.07, 6.45) is 13.8. The molecule has 1 atom stereocenters. The van der Waals surface area contributed by atoms with Gasteiger partial charge in [0.1, 0.15) is 11.6 Å². The molecule has 0 saturated heterocycles. The van der Waals surface area contributed by atoms with Gasteiger partial charge in [-0.05, 0) is 89.8 Å². The van der Waals surface area contributed by atoms with Crippen LogP contribution in [0.25, 0.3) is 0 Å². The van der Waals surface area contributed by atoms with Crippen LogP contribution in [0.3, 0.4) is 0 Å². The lowest BCUT2D eigenvalue weighted by Crippen LogP contribution is -2.43. The molecule has 8 N–H and O–H groups in total. The molecule has 1 aromatic heterocycles. The van der Waals surface area contributed by atoms with Gasteiger partial charge in [0, 0.05) is 44.3 Å². The highest BCUT2D eigenvalue weighted by atomic mass is 31.2. The Bertz CT molecular complexity index is 906. The van der Waals surface area contributed by atoms with Crippen LogP contribution in [-0.2, 0) is 4.57 Å². The zero-order chi connectivity index (χ0) is 29.5. The molecule has 236 valence electrons. The Labute approximate surface area is 247 Å². The average molecular weight is 597 g/mol. The van der Waals surface area contributed by atoms with Gasteiger partial charge in [-0.15, -0.1) is 0 Å². The summed E-state index contributed by atoms with van der Waals surface area (Å²) in [5.41, 5.74) is 6.17. The number of hydrogen-bond acceptors (Lipinski definition) is 9. The minimum Gasteiger partial charge on any atom is -0.383 e. The minimum atomic E-state index is -4.00. The van der Waals surface area contributed by atoms with Gasteiger partial charge in [-0.1, -0.05) is 26.2 Å². The van der Waals surface area contributed by atoms with E-state index in [9.17, 15) is 4.57 Å². The lowest BCUT2D eigenvalue weighted by atomic mass is 9.82. The summed E-state index contributed by atoms with van der Waals surface area (Å²) in [4.78, 5) is 29.6. The SMILES string of the molecule is CCC(CNCCP(=O)(O)O)N(CC)c1cc(N)nc(NC[C@H]2CC[C@H](CNCCCNC3CCCCC3)CC2)n1. The fraction of sp³-hybridized carbons (Fsp3) is 0.862. The van der Waals surface area contributed by atoms with Gasteiger partial charge < -0.3 is 41.7 Å². The van der Waals surface area contributed by atoms with E-state index in [1.807, 2.05) is 0 Å². The zero-order valence-electron chi connectivity index (χ0n) is 25.5. The molecule has 41 heavy (non-hydrogen) atoms. The van der Waals surface area contributed by atoms with Crippen LogP contribution in [0.15, 0.2) is 6.07 Å². The number of nitrogens with zero attached hydrogens (tertiary/aromatic N) is 3. The number of nitrogens with one attached hydrogen (secondary N) is 4. The summed E-state index contributed by atoms with van der Waals surface area (Å²) in [7, 11) is -4.00. The molecule has 2 aliphatic carbocycles. The van der Waals surface area contributed by atoms with Crippen molar-refractivity contribution in [1.82, 2.24) is 25.9 Å². The first-order chi connectivity index (χ1) is 19.8. The van der Waals surface area contributed by atoms with Crippen LogP contribution >= 0.6 is 7.60 Å². The van der Waals surface area contributed by atoms with Gasteiger partial charge in [-0.25, -0.2) is 0 Å². The standard InChI is InChI=1S/C29H57N8O3P/c1-3-26(22-32-17-18-41(38,39)40)37(4-2)28-19-27(30)35-29(36-28)34-21-24-13-11-23(12-14-24)20-31-15-8-16-33-25-9-6-5-7-10-25/h19,23-26,31-33H,3-18,20-22H2,1-2H3,(H2,38,39,40)(H3,30,34,35,36)/t23-,24-,26?. The predicted molar refractivity (Wildman–Crippen MR) is 170 cm³/mol. The van der Waals surface area contributed by atoms with Gasteiger partial charge in [0.25, 0.3) is 0 Å². The van der Waals surface area contributed by atoms with Crippen LogP contribution in [0.4, 0.5) is 17.6 Å². The normalized spacial score (nSPS) is 21.1. The Morgan fingerprint density at radius 1 is 0.976 bits per heavy atom. The van der Waals surface area contributed by atoms with Crippen molar-refractivity contribution in [1.29, 1.82) is 0 Å². The number of nitrogen functional groups attached to an aromatic ring is 1. The van der Waals surface area contributed by atoms with Crippen molar-refractivity contribution in [3.05, 3.63) is 6.07 Å². The Morgan fingerprint density at radius 3 is 2.34 bits per heavy atom. The fourth-order valence-electron chi connectivity index (χ4n) is 6.26. The van der Waals surface area contributed by atoms with E-state index in [4.69, 9.17) is 20.5 Å². The third-order valence-electron chi connectivity index (χ3n) is 8.76. The van der Waals surface area contributed by atoms with Gasteiger partial charge in [-0.2, -0.15) is 9.97 Å². The highest BCUT2D eigenvalue weighted by molar-refractivity contribution is 7.51. The van der Waals surface area contributed by atoms with E-state index in [0.29, 0.717) is 24.2 Å². The quantitative estimate of drug-likeness (QED) is 0.0924. The van der Waals surface area contributed by atoms with Crippen molar-refractivity contribution < 1.29 is 14.4 Å². The minimum absolute atomic E-state index is 0.121. The van der Waals surface area contributed by atoms with Crippen molar-refractivity contribution in [2.45, 2.75) is 96.6 Å². The van der Waals surface area contributed by atoms with Crippen molar-refractivity contribution in [3.8, 4) is 0 Å². The summed E-state index contributed by atoms with van der Waals surface area (Å²) in [6.45, 7) is 10.0. The molecule has 0 radical (unpaired) electrons. The van der Waals surface area contributed by atoms with Crippen LogP contribution in [0, 0.1) is 11.8 Å². The highest BCUT2D eigenvalue weighted by Gasteiger charge is 2.22. The Hall–Kier alpha value is -1.49.